The molecule has 1 amide bonds. The summed E-state index contributed by atoms with van der Waals surface area (Å²) in [5.74, 6) is -0.529. The van der Waals surface area contributed by atoms with Gasteiger partial charge < -0.3 is 5.73 Å². The number of nitrogens with zero attached hydrogens (tertiary/aromatic N) is 3. The summed E-state index contributed by atoms with van der Waals surface area (Å²) in [7, 11) is 0. The Bertz CT molecular complexity index is 721. The Kier molecular flexibility index (Phi) is 3.06. The van der Waals surface area contributed by atoms with Crippen molar-refractivity contribution in [3.63, 3.8) is 0 Å². The van der Waals surface area contributed by atoms with E-state index in [4.69, 9.17) is 5.73 Å². The van der Waals surface area contributed by atoms with E-state index < -0.39 is 5.91 Å². The molecule has 2 N–H and O–H groups in total. The van der Waals surface area contributed by atoms with Crippen molar-refractivity contribution in [2.75, 3.05) is 0 Å². The highest BCUT2D eigenvalue weighted by molar-refractivity contribution is 7.13. The third kappa shape index (κ3) is 2.38. The summed E-state index contributed by atoms with van der Waals surface area (Å²) >= 11 is 2.86. The molecule has 3 heterocycles. The smallest absolute Gasteiger partial charge is 0.268 e. The Labute approximate surface area is 116 Å². The second-order valence-corrected chi connectivity index (χ2v) is 5.26. The molecule has 0 bridgehead atoms. The number of thiazole rings is 2. The number of rotatable bonds is 3. The third-order valence-corrected chi connectivity index (χ3v) is 3.87. The molecule has 0 atom stereocenters. The quantitative estimate of drug-likeness (QED) is 0.802. The van der Waals surface area contributed by atoms with Crippen molar-refractivity contribution in [1.82, 2.24) is 15.0 Å². The molecule has 3 aromatic heterocycles. The highest BCUT2D eigenvalue weighted by atomic mass is 32.1. The molecule has 5 nitrogen and oxygen atoms in total. The van der Waals surface area contributed by atoms with E-state index >= 15 is 0 Å². The normalized spacial score (nSPS) is 10.5. The highest BCUT2D eigenvalue weighted by Crippen LogP contribution is 2.25. The van der Waals surface area contributed by atoms with Crippen molar-refractivity contribution >= 4 is 28.6 Å². The van der Waals surface area contributed by atoms with Crippen molar-refractivity contribution < 1.29 is 4.79 Å². The molecular formula is C12H8N4OS2. The van der Waals surface area contributed by atoms with Crippen molar-refractivity contribution in [2.45, 2.75) is 0 Å². The highest BCUT2D eigenvalue weighted by Gasteiger charge is 2.11. The van der Waals surface area contributed by atoms with Gasteiger partial charge in [0.2, 0.25) is 0 Å². The first-order valence-corrected chi connectivity index (χ1v) is 7.17. The minimum absolute atomic E-state index is 0.265. The molecule has 0 spiro atoms. The van der Waals surface area contributed by atoms with Crippen LogP contribution in [0, 0.1) is 0 Å². The number of carbonyl (C=O) groups is 1. The number of carbonyl (C=O) groups excluding carboxylic acids is 1. The molecule has 0 aliphatic heterocycles. The largest absolute Gasteiger partial charge is 0.364 e. The van der Waals surface area contributed by atoms with Gasteiger partial charge in [-0.1, -0.05) is 6.07 Å². The predicted octanol–water partition coefficient (Wildman–Crippen LogP) is 2.43. The first-order valence-electron chi connectivity index (χ1n) is 5.35. The van der Waals surface area contributed by atoms with Gasteiger partial charge in [-0.2, -0.15) is 0 Å². The molecule has 19 heavy (non-hydrogen) atoms. The third-order valence-electron chi connectivity index (χ3n) is 2.42. The van der Waals surface area contributed by atoms with E-state index in [1.807, 2.05) is 23.6 Å². The molecule has 0 fully saturated rings. The van der Waals surface area contributed by atoms with Gasteiger partial charge >= 0.3 is 0 Å². The van der Waals surface area contributed by atoms with Gasteiger partial charge in [0.1, 0.15) is 10.7 Å². The molecule has 7 heteroatoms. The molecule has 0 unspecified atom stereocenters. The predicted molar refractivity (Wildman–Crippen MR) is 75.0 cm³/mol. The van der Waals surface area contributed by atoms with Crippen LogP contribution in [0.1, 0.15) is 10.5 Å². The lowest BCUT2D eigenvalue weighted by molar-refractivity contribution is 0.0996. The molecule has 3 rings (SSSR count). The zero-order valence-corrected chi connectivity index (χ0v) is 11.2. The number of pyridine rings is 1. The summed E-state index contributed by atoms with van der Waals surface area (Å²) in [6.07, 6.45) is 0. The lowest BCUT2D eigenvalue weighted by Gasteiger charge is -1.99. The van der Waals surface area contributed by atoms with Gasteiger partial charge in [-0.25, -0.2) is 15.0 Å². The van der Waals surface area contributed by atoms with Gasteiger partial charge in [-0.05, 0) is 12.1 Å². The van der Waals surface area contributed by atoms with Crippen molar-refractivity contribution in [3.8, 4) is 22.1 Å². The van der Waals surface area contributed by atoms with E-state index in [-0.39, 0.29) is 5.69 Å². The summed E-state index contributed by atoms with van der Waals surface area (Å²) < 4.78 is 0. The maximum Gasteiger partial charge on any atom is 0.268 e. The Morgan fingerprint density at radius 2 is 1.95 bits per heavy atom. The zero-order chi connectivity index (χ0) is 13.2. The van der Waals surface area contributed by atoms with Gasteiger partial charge in [0.15, 0.2) is 0 Å². The SMILES string of the molecule is NC(=O)c1csc(-c2cccc(-c3cscn3)n2)n1. The summed E-state index contributed by atoms with van der Waals surface area (Å²) in [5.41, 5.74) is 9.55. The standard InChI is InChI=1S/C12H8N4OS2/c13-11(17)10-5-19-12(16-10)8-3-1-2-7(15-8)9-4-18-6-14-9/h1-6H,(H2,13,17). The van der Waals surface area contributed by atoms with Crippen LogP contribution in [-0.2, 0) is 0 Å². The summed E-state index contributed by atoms with van der Waals surface area (Å²) in [6, 6.07) is 5.63. The lowest BCUT2D eigenvalue weighted by Crippen LogP contribution is -2.10. The maximum absolute atomic E-state index is 11.0. The van der Waals surface area contributed by atoms with E-state index in [0.29, 0.717) is 10.7 Å². The Balaban J connectivity index is 2.01. The fraction of sp³-hybridized carbons (Fsp3) is 0. The average molecular weight is 288 g/mol. The van der Waals surface area contributed by atoms with Crippen molar-refractivity contribution in [3.05, 3.63) is 40.2 Å². The molecule has 0 saturated heterocycles. The Morgan fingerprint density at radius 3 is 2.63 bits per heavy atom. The summed E-state index contributed by atoms with van der Waals surface area (Å²) in [4.78, 5) is 23.9. The number of hydrogen-bond donors (Lipinski definition) is 1. The fourth-order valence-electron chi connectivity index (χ4n) is 1.54. The number of nitrogens with two attached hydrogens (primary N) is 1. The van der Waals surface area contributed by atoms with Crippen LogP contribution in [0.4, 0.5) is 0 Å². The van der Waals surface area contributed by atoms with Crippen molar-refractivity contribution in [1.29, 1.82) is 0 Å². The molecule has 0 saturated carbocycles. The Hall–Kier alpha value is -2.12. The summed E-state index contributed by atoms with van der Waals surface area (Å²) in [5, 5.41) is 4.24. The molecule has 94 valence electrons. The lowest BCUT2D eigenvalue weighted by atomic mass is 10.2. The second-order valence-electron chi connectivity index (χ2n) is 3.68. The van der Waals surface area contributed by atoms with Gasteiger partial charge in [-0.3, -0.25) is 4.79 Å². The van der Waals surface area contributed by atoms with E-state index in [9.17, 15) is 4.79 Å². The van der Waals surface area contributed by atoms with Crippen molar-refractivity contribution in [2.24, 2.45) is 5.73 Å². The van der Waals surface area contributed by atoms with Crippen LogP contribution in [0.5, 0.6) is 0 Å². The summed E-state index contributed by atoms with van der Waals surface area (Å²) in [6.45, 7) is 0. The fourth-order valence-corrected chi connectivity index (χ4v) is 2.86. The van der Waals surface area contributed by atoms with E-state index in [2.05, 4.69) is 15.0 Å². The maximum atomic E-state index is 11.0. The van der Waals surface area contributed by atoms with E-state index in [1.165, 1.54) is 22.7 Å². The first kappa shape index (κ1) is 11.9. The van der Waals surface area contributed by atoms with E-state index in [1.54, 1.807) is 10.9 Å². The minimum Gasteiger partial charge on any atom is -0.364 e. The van der Waals surface area contributed by atoms with Crippen LogP contribution in [0.2, 0.25) is 0 Å². The number of primary amides is 1. The van der Waals surface area contributed by atoms with E-state index in [0.717, 1.165) is 11.4 Å². The zero-order valence-electron chi connectivity index (χ0n) is 9.61. The van der Waals surface area contributed by atoms with Crippen LogP contribution in [-0.4, -0.2) is 20.9 Å². The molecule has 3 aromatic rings. The molecule has 0 aromatic carbocycles. The topological polar surface area (TPSA) is 81.8 Å². The van der Waals surface area contributed by atoms with Gasteiger partial charge in [0, 0.05) is 10.8 Å². The minimum atomic E-state index is -0.529. The van der Waals surface area contributed by atoms with Gasteiger partial charge in [0.25, 0.3) is 5.91 Å². The molecular weight excluding hydrogens is 280 g/mol. The Morgan fingerprint density at radius 1 is 1.11 bits per heavy atom. The van der Waals surface area contributed by atoms with Crippen LogP contribution in [0.25, 0.3) is 22.1 Å². The molecule has 0 aliphatic rings. The van der Waals surface area contributed by atoms with Crippen LogP contribution in [0.15, 0.2) is 34.5 Å². The number of hydrogen-bond acceptors (Lipinski definition) is 6. The molecule has 0 aliphatic carbocycles. The van der Waals surface area contributed by atoms with Gasteiger partial charge in [0.05, 0.1) is 22.6 Å². The van der Waals surface area contributed by atoms with Crippen LogP contribution >= 0.6 is 22.7 Å². The molecule has 0 radical (unpaired) electrons. The average Bonchev–Trinajstić information content (AvgIpc) is 3.10. The van der Waals surface area contributed by atoms with Crippen LogP contribution in [0.3, 0.4) is 0 Å². The first-order chi connectivity index (χ1) is 9.24. The second kappa shape index (κ2) is 4.87. The monoisotopic (exact) mass is 288 g/mol. The van der Waals surface area contributed by atoms with Gasteiger partial charge in [-0.15, -0.1) is 22.7 Å². The number of aromatic nitrogens is 3. The number of amides is 1. The van der Waals surface area contributed by atoms with Crippen LogP contribution < -0.4 is 5.73 Å².